The fourth-order valence-electron chi connectivity index (χ4n) is 3.87. The highest BCUT2D eigenvalue weighted by molar-refractivity contribution is 7.89. The molecular weight excluding hydrogens is 485 g/mol. The molecule has 0 radical (unpaired) electrons. The number of rotatable bonds is 7. The lowest BCUT2D eigenvalue weighted by Crippen LogP contribution is -2.64. The number of carbonyl (C=O) groups is 2. The van der Waals surface area contributed by atoms with Gasteiger partial charge in [0.25, 0.3) is 10.0 Å². The van der Waals surface area contributed by atoms with Crippen LogP contribution in [0, 0.1) is 12.7 Å². The number of nitrogens with one attached hydrogen (secondary N) is 1. The first kappa shape index (κ1) is 25.1. The summed E-state index contributed by atoms with van der Waals surface area (Å²) in [6.07, 6.45) is 0. The molecule has 3 aromatic rings. The number of carbonyl (C=O) groups excluding carboxylic acids is 2. The van der Waals surface area contributed by atoms with Crippen LogP contribution in [-0.2, 0) is 19.6 Å². The minimum atomic E-state index is -4.51. The van der Waals surface area contributed by atoms with Crippen molar-refractivity contribution in [2.75, 3.05) is 6.61 Å². The number of amidine groups is 1. The van der Waals surface area contributed by atoms with Crippen LogP contribution in [-0.4, -0.2) is 49.0 Å². The van der Waals surface area contributed by atoms with E-state index in [1.165, 1.54) is 42.5 Å². The van der Waals surface area contributed by atoms with Crippen molar-refractivity contribution >= 4 is 27.6 Å². The van der Waals surface area contributed by atoms with Crippen molar-refractivity contribution < 1.29 is 27.1 Å². The van der Waals surface area contributed by atoms with Gasteiger partial charge in [-0.05, 0) is 38.1 Å². The second kappa shape index (κ2) is 10.3. The lowest BCUT2D eigenvalue weighted by atomic mass is 9.96. The molecule has 1 N–H and O–H groups in total. The number of halogens is 1. The summed E-state index contributed by atoms with van der Waals surface area (Å²) >= 11 is 0. The maximum absolute atomic E-state index is 14.9. The van der Waals surface area contributed by atoms with E-state index in [4.69, 9.17) is 4.74 Å². The molecule has 186 valence electrons. The number of Topliss-reactive ketones (excluding diaryl/α,β-unsaturated/α-hetero) is 1. The number of benzene rings is 3. The summed E-state index contributed by atoms with van der Waals surface area (Å²) in [5, 5.41) is 4.08. The molecule has 10 heteroatoms. The molecule has 0 saturated carbocycles. The van der Waals surface area contributed by atoms with Gasteiger partial charge in [-0.3, -0.25) is 10.2 Å². The third-order valence-electron chi connectivity index (χ3n) is 5.65. The van der Waals surface area contributed by atoms with Crippen LogP contribution >= 0.6 is 0 Å². The van der Waals surface area contributed by atoms with Gasteiger partial charge in [0.1, 0.15) is 11.9 Å². The fraction of sp³-hybridized carbons (Fsp3) is 0.192. The van der Waals surface area contributed by atoms with Crippen molar-refractivity contribution in [3.63, 3.8) is 0 Å². The maximum atomic E-state index is 14.9. The standard InChI is InChI=1S/C26H24FN3O5S/c1-3-35-26(32)22-23(24(31)18-9-5-4-6-10-18)30(36(33,34)19-15-13-17(2)14-16-19)25(29-28-22)20-11-7-8-12-21(20)27/h4-16,22-23,28H,3H2,1-2H3. The number of ether oxygens (including phenoxy) is 1. The first-order chi connectivity index (χ1) is 17.3. The number of hydrazone groups is 1. The van der Waals surface area contributed by atoms with Crippen LogP contribution in [0.25, 0.3) is 0 Å². The molecule has 8 nitrogen and oxygen atoms in total. The van der Waals surface area contributed by atoms with Gasteiger partial charge >= 0.3 is 5.97 Å². The maximum Gasteiger partial charge on any atom is 0.332 e. The zero-order valence-corrected chi connectivity index (χ0v) is 20.4. The summed E-state index contributed by atoms with van der Waals surface area (Å²) in [5.74, 6) is -2.65. The highest BCUT2D eigenvalue weighted by Crippen LogP contribution is 2.29. The lowest BCUT2D eigenvalue weighted by Gasteiger charge is -2.39. The van der Waals surface area contributed by atoms with Gasteiger partial charge < -0.3 is 4.74 Å². The highest BCUT2D eigenvalue weighted by Gasteiger charge is 2.49. The molecule has 0 spiro atoms. The van der Waals surface area contributed by atoms with Gasteiger partial charge in [-0.1, -0.05) is 60.2 Å². The van der Waals surface area contributed by atoms with Gasteiger partial charge in [-0.2, -0.15) is 5.10 Å². The molecule has 0 saturated heterocycles. The molecule has 0 fully saturated rings. The fourth-order valence-corrected chi connectivity index (χ4v) is 5.46. The van der Waals surface area contributed by atoms with Crippen LogP contribution in [0.1, 0.15) is 28.4 Å². The van der Waals surface area contributed by atoms with Crippen LogP contribution in [0.4, 0.5) is 4.39 Å². The largest absolute Gasteiger partial charge is 0.464 e. The number of ketones is 1. The molecule has 0 bridgehead atoms. The summed E-state index contributed by atoms with van der Waals surface area (Å²) in [6, 6.07) is 16.3. The van der Waals surface area contributed by atoms with Crippen LogP contribution < -0.4 is 5.43 Å². The number of sulfonamides is 1. The molecule has 0 amide bonds. The Balaban J connectivity index is 1.98. The first-order valence-corrected chi connectivity index (χ1v) is 12.6. The molecule has 2 unspecified atom stereocenters. The highest BCUT2D eigenvalue weighted by atomic mass is 32.2. The average molecular weight is 510 g/mol. The molecule has 2 atom stereocenters. The SMILES string of the molecule is CCOC(=O)C1NN=C(c2ccccc2F)N(S(=O)(=O)c2ccc(C)cc2)C1C(=O)c1ccccc1. The van der Waals surface area contributed by atoms with Crippen LogP contribution in [0.3, 0.4) is 0 Å². The Bertz CT molecular complexity index is 1410. The van der Waals surface area contributed by atoms with E-state index in [2.05, 4.69) is 10.5 Å². The quantitative estimate of drug-likeness (QED) is 0.387. The Morgan fingerprint density at radius 2 is 1.64 bits per heavy atom. The zero-order chi connectivity index (χ0) is 25.9. The van der Waals surface area contributed by atoms with Gasteiger partial charge in [0, 0.05) is 5.56 Å². The number of aryl methyl sites for hydroxylation is 1. The van der Waals surface area contributed by atoms with Crippen LogP contribution in [0.5, 0.6) is 0 Å². The van der Waals surface area contributed by atoms with E-state index >= 15 is 0 Å². The molecule has 1 heterocycles. The summed E-state index contributed by atoms with van der Waals surface area (Å²) in [4.78, 5) is 26.6. The van der Waals surface area contributed by atoms with Crippen molar-refractivity contribution in [2.24, 2.45) is 5.10 Å². The third-order valence-corrected chi connectivity index (χ3v) is 7.43. The van der Waals surface area contributed by atoms with Crippen molar-refractivity contribution in [3.05, 3.63) is 101 Å². The first-order valence-electron chi connectivity index (χ1n) is 11.2. The average Bonchev–Trinajstić information content (AvgIpc) is 2.88. The lowest BCUT2D eigenvalue weighted by molar-refractivity contribution is -0.146. The minimum Gasteiger partial charge on any atom is -0.464 e. The molecule has 1 aliphatic heterocycles. The predicted octanol–water partition coefficient (Wildman–Crippen LogP) is 3.27. The van der Waals surface area contributed by atoms with E-state index in [9.17, 15) is 22.4 Å². The molecule has 1 aliphatic rings. The predicted molar refractivity (Wildman–Crippen MR) is 131 cm³/mol. The second-order valence-corrected chi connectivity index (χ2v) is 9.88. The Morgan fingerprint density at radius 3 is 2.28 bits per heavy atom. The van der Waals surface area contributed by atoms with Gasteiger partial charge in [-0.25, -0.2) is 21.9 Å². The molecule has 0 aromatic heterocycles. The van der Waals surface area contributed by atoms with Crippen LogP contribution in [0.15, 0.2) is 88.9 Å². The number of hydrogen-bond acceptors (Lipinski definition) is 7. The molecule has 36 heavy (non-hydrogen) atoms. The number of esters is 1. The smallest absolute Gasteiger partial charge is 0.332 e. The second-order valence-electron chi connectivity index (χ2n) is 8.06. The topological polar surface area (TPSA) is 105 Å². The van der Waals surface area contributed by atoms with Crippen molar-refractivity contribution in [2.45, 2.75) is 30.8 Å². The Kier molecular flexibility index (Phi) is 7.16. The summed E-state index contributed by atoms with van der Waals surface area (Å²) in [7, 11) is -4.51. The van der Waals surface area contributed by atoms with Crippen molar-refractivity contribution in [1.82, 2.24) is 9.73 Å². The van der Waals surface area contributed by atoms with Gasteiger partial charge in [0.2, 0.25) is 0 Å². The normalized spacial score (nSPS) is 17.6. The monoisotopic (exact) mass is 509 g/mol. The third kappa shape index (κ3) is 4.72. The van der Waals surface area contributed by atoms with Gasteiger partial charge in [0.15, 0.2) is 17.7 Å². The minimum absolute atomic E-state index is 0.00213. The van der Waals surface area contributed by atoms with Crippen LogP contribution in [0.2, 0.25) is 0 Å². The Morgan fingerprint density at radius 1 is 1.00 bits per heavy atom. The van der Waals surface area contributed by atoms with E-state index < -0.39 is 39.7 Å². The van der Waals surface area contributed by atoms with E-state index in [0.717, 1.165) is 15.9 Å². The summed E-state index contributed by atoms with van der Waals surface area (Å²) in [5.41, 5.74) is 3.39. The van der Waals surface area contributed by atoms with Crippen molar-refractivity contribution in [1.29, 1.82) is 0 Å². The van der Waals surface area contributed by atoms with E-state index in [1.807, 2.05) is 0 Å². The molecule has 4 rings (SSSR count). The summed E-state index contributed by atoms with van der Waals surface area (Å²) in [6.45, 7) is 3.38. The van der Waals surface area contributed by atoms with Crippen molar-refractivity contribution in [3.8, 4) is 0 Å². The molecule has 0 aliphatic carbocycles. The van der Waals surface area contributed by atoms with E-state index in [-0.39, 0.29) is 28.5 Å². The van der Waals surface area contributed by atoms with E-state index in [1.54, 1.807) is 44.2 Å². The number of hydrogen-bond donors (Lipinski definition) is 1. The number of nitrogens with zero attached hydrogens (tertiary/aromatic N) is 2. The van der Waals surface area contributed by atoms with E-state index in [0.29, 0.717) is 0 Å². The van der Waals surface area contributed by atoms with Gasteiger partial charge in [0.05, 0.1) is 17.1 Å². The molecular formula is C26H24FN3O5S. The molecule has 3 aromatic carbocycles. The zero-order valence-electron chi connectivity index (χ0n) is 19.6. The Hall–Kier alpha value is -4.05. The van der Waals surface area contributed by atoms with Gasteiger partial charge in [-0.15, -0.1) is 0 Å². The Labute approximate surface area is 208 Å². The summed E-state index contributed by atoms with van der Waals surface area (Å²) < 4.78 is 48.9.